The van der Waals surface area contributed by atoms with Gasteiger partial charge in [-0.2, -0.15) is 12.6 Å². The zero-order valence-corrected chi connectivity index (χ0v) is 11.7. The van der Waals surface area contributed by atoms with Gasteiger partial charge >= 0.3 is 13.6 Å². The summed E-state index contributed by atoms with van der Waals surface area (Å²) in [5.74, 6) is -1.49. The first kappa shape index (κ1) is 16.1. The number of carboxylic acids is 1. The predicted molar refractivity (Wildman–Crippen MR) is 68.8 cm³/mol. The molecule has 0 aromatic carbocycles. The molecule has 0 bridgehead atoms. The average Bonchev–Trinajstić information content (AvgIpc) is 2.30. The smallest absolute Gasteiger partial charge is 0.369 e. The van der Waals surface area contributed by atoms with Crippen LogP contribution in [0.3, 0.4) is 0 Å². The molecule has 0 radical (unpaired) electrons. The lowest BCUT2D eigenvalue weighted by molar-refractivity contribution is -0.700. The van der Waals surface area contributed by atoms with Crippen molar-refractivity contribution in [2.24, 2.45) is 0 Å². The van der Waals surface area contributed by atoms with Crippen molar-refractivity contribution in [1.29, 1.82) is 0 Å². The Morgan fingerprint density at radius 2 is 2.05 bits per heavy atom. The van der Waals surface area contributed by atoms with Crippen LogP contribution in [0.25, 0.3) is 0 Å². The van der Waals surface area contributed by atoms with Crippen molar-refractivity contribution in [3.05, 3.63) is 30.1 Å². The van der Waals surface area contributed by atoms with E-state index in [1.807, 2.05) is 0 Å². The first-order chi connectivity index (χ1) is 8.72. The van der Waals surface area contributed by atoms with Crippen LogP contribution in [-0.4, -0.2) is 37.1 Å². The Morgan fingerprint density at radius 3 is 2.53 bits per heavy atom. The Kier molecular flexibility index (Phi) is 5.11. The van der Waals surface area contributed by atoms with Crippen molar-refractivity contribution in [2.75, 3.05) is 5.75 Å². The van der Waals surface area contributed by atoms with Gasteiger partial charge < -0.3 is 20.0 Å². The zero-order valence-electron chi connectivity index (χ0n) is 9.88. The van der Waals surface area contributed by atoms with Crippen molar-refractivity contribution in [3.63, 3.8) is 0 Å². The molecule has 0 saturated carbocycles. The van der Waals surface area contributed by atoms with Crippen LogP contribution in [0, 0.1) is 0 Å². The average molecular weight is 308 g/mol. The highest BCUT2D eigenvalue weighted by molar-refractivity contribution is 7.80. The van der Waals surface area contributed by atoms with Crippen molar-refractivity contribution < 1.29 is 33.9 Å². The summed E-state index contributed by atoms with van der Waals surface area (Å²) in [6.45, 7) is 0.427. The lowest BCUT2D eigenvalue weighted by Crippen LogP contribution is -2.47. The molecule has 1 aromatic rings. The molecule has 7 nitrogen and oxygen atoms in total. The second kappa shape index (κ2) is 6.02. The van der Waals surface area contributed by atoms with Crippen molar-refractivity contribution >= 4 is 26.2 Å². The molecule has 19 heavy (non-hydrogen) atoms. The van der Waals surface area contributed by atoms with Crippen molar-refractivity contribution in [2.45, 2.75) is 18.3 Å². The van der Waals surface area contributed by atoms with E-state index in [4.69, 9.17) is 14.9 Å². The highest BCUT2D eigenvalue weighted by Gasteiger charge is 2.54. The Labute approximate surface area is 115 Å². The topological polar surface area (TPSA) is 119 Å². The molecule has 0 aliphatic heterocycles. The molecule has 1 atom stereocenters. The second-order valence-corrected chi connectivity index (χ2v) is 6.23. The van der Waals surface area contributed by atoms with Gasteiger partial charge in [0, 0.05) is 17.9 Å². The van der Waals surface area contributed by atoms with Gasteiger partial charge in [0.15, 0.2) is 18.4 Å². The van der Waals surface area contributed by atoms with E-state index in [1.54, 1.807) is 22.9 Å². The monoisotopic (exact) mass is 308 g/mol. The summed E-state index contributed by atoms with van der Waals surface area (Å²) >= 11 is 4.04. The number of aliphatic carboxylic acids is 1. The molecular formula is C10H15NO6PS+. The number of nitrogens with zero attached hydrogens (tertiary/aromatic N) is 1. The number of thiol groups is 1. The maximum atomic E-state index is 11.2. The van der Waals surface area contributed by atoms with Crippen molar-refractivity contribution in [1.82, 2.24) is 0 Å². The third-order valence-corrected chi connectivity index (χ3v) is 4.14. The molecule has 1 heterocycles. The first-order valence-corrected chi connectivity index (χ1v) is 7.56. The number of pyridine rings is 1. The van der Waals surface area contributed by atoms with E-state index < -0.39 is 25.3 Å². The molecule has 0 amide bonds. The summed E-state index contributed by atoms with van der Waals surface area (Å²) in [5, 5.41) is 15.5. The molecular weight excluding hydrogens is 293 g/mol. The number of aliphatic hydroxyl groups is 1. The van der Waals surface area contributed by atoms with E-state index in [9.17, 15) is 14.5 Å². The highest BCUT2D eigenvalue weighted by Crippen LogP contribution is 2.50. The summed E-state index contributed by atoms with van der Waals surface area (Å²) < 4.78 is 12.8. The number of hydrogen-bond donors (Lipinski definition) is 5. The Hall–Kier alpha value is -0.920. The van der Waals surface area contributed by atoms with E-state index in [-0.39, 0.29) is 0 Å². The van der Waals surface area contributed by atoms with E-state index in [1.165, 1.54) is 6.07 Å². The van der Waals surface area contributed by atoms with Crippen LogP contribution in [-0.2, 0) is 22.3 Å². The van der Waals surface area contributed by atoms with Crippen LogP contribution in [0.2, 0.25) is 0 Å². The number of carbonyl (C=O) groups is 1. The largest absolute Gasteiger partial charge is 0.479 e. The number of rotatable bonds is 6. The third-order valence-electron chi connectivity index (χ3n) is 2.63. The molecule has 0 aliphatic carbocycles. The van der Waals surface area contributed by atoms with Gasteiger partial charge in [-0.1, -0.05) is 6.07 Å². The Morgan fingerprint density at radius 1 is 1.42 bits per heavy atom. The normalized spacial score (nSPS) is 14.9. The van der Waals surface area contributed by atoms with Gasteiger partial charge in [0.05, 0.1) is 6.42 Å². The van der Waals surface area contributed by atoms with Gasteiger partial charge in [-0.05, 0) is 0 Å². The van der Waals surface area contributed by atoms with Crippen LogP contribution in [0.15, 0.2) is 24.4 Å². The minimum Gasteiger partial charge on any atom is -0.479 e. The molecule has 106 valence electrons. The van der Waals surface area contributed by atoms with Gasteiger partial charge in [0.2, 0.25) is 0 Å². The van der Waals surface area contributed by atoms with Crippen LogP contribution in [0.1, 0.15) is 5.69 Å². The fourth-order valence-electron chi connectivity index (χ4n) is 1.55. The molecule has 1 unspecified atom stereocenters. The van der Waals surface area contributed by atoms with E-state index in [0.717, 1.165) is 0 Å². The predicted octanol–water partition coefficient (Wildman–Crippen LogP) is -0.603. The van der Waals surface area contributed by atoms with Crippen molar-refractivity contribution in [3.8, 4) is 0 Å². The zero-order chi connectivity index (χ0) is 14.7. The van der Waals surface area contributed by atoms with Crippen LogP contribution in [0.5, 0.6) is 0 Å². The first-order valence-electron chi connectivity index (χ1n) is 5.32. The fourth-order valence-corrected chi connectivity index (χ4v) is 2.39. The minimum absolute atomic E-state index is 0.296. The summed E-state index contributed by atoms with van der Waals surface area (Å²) in [5.41, 5.74) is 0.296. The van der Waals surface area contributed by atoms with Gasteiger partial charge in [-0.3, -0.25) is 4.57 Å². The SMILES string of the molecule is O=C(O)C(O)(Cc1cccc[n+]1CCS)P(=O)(O)O. The summed E-state index contributed by atoms with van der Waals surface area (Å²) in [6, 6.07) is 4.77. The standard InChI is InChI=1S/C10H14NO6PS/c12-9(13)10(14,18(15,16)17)7-8-3-1-2-4-11(8)5-6-19/h1-4,14H,5-7H2,(H3-,12,13,15,16,17,19)/p+1. The lowest BCUT2D eigenvalue weighted by atomic mass is 10.1. The van der Waals surface area contributed by atoms with E-state index >= 15 is 0 Å². The highest BCUT2D eigenvalue weighted by atomic mass is 32.1. The number of aryl methyl sites for hydroxylation is 1. The fraction of sp³-hybridized carbons (Fsp3) is 0.400. The van der Waals surface area contributed by atoms with Gasteiger partial charge in [-0.15, -0.1) is 0 Å². The van der Waals surface area contributed by atoms with Gasteiger partial charge in [0.25, 0.3) is 5.34 Å². The number of carboxylic acid groups (broad SMARTS) is 1. The van der Waals surface area contributed by atoms with Crippen LogP contribution in [0.4, 0.5) is 0 Å². The number of hydrogen-bond acceptors (Lipinski definition) is 4. The molecule has 0 saturated heterocycles. The van der Waals surface area contributed by atoms with Crippen LogP contribution < -0.4 is 4.57 Å². The van der Waals surface area contributed by atoms with E-state index in [2.05, 4.69) is 12.6 Å². The quantitative estimate of drug-likeness (QED) is 0.272. The third kappa shape index (κ3) is 3.55. The minimum atomic E-state index is -5.22. The molecule has 4 N–H and O–H groups in total. The summed E-state index contributed by atoms with van der Waals surface area (Å²) in [4.78, 5) is 29.1. The molecule has 0 aliphatic rings. The maximum absolute atomic E-state index is 11.2. The molecule has 0 spiro atoms. The summed E-state index contributed by atoms with van der Waals surface area (Å²) in [6.07, 6.45) is 0.925. The second-order valence-electron chi connectivity index (χ2n) is 3.95. The molecule has 9 heteroatoms. The molecule has 1 aromatic heterocycles. The van der Waals surface area contributed by atoms with Gasteiger partial charge in [-0.25, -0.2) is 9.36 Å². The van der Waals surface area contributed by atoms with Gasteiger partial charge in [0.1, 0.15) is 0 Å². The summed E-state index contributed by atoms with van der Waals surface area (Å²) in [7, 11) is -5.22. The van der Waals surface area contributed by atoms with Crippen LogP contribution >= 0.6 is 20.2 Å². The molecule has 0 fully saturated rings. The number of aromatic nitrogens is 1. The lowest BCUT2D eigenvalue weighted by Gasteiger charge is -2.23. The Bertz CT molecular complexity index is 518. The Balaban J connectivity index is 3.19. The molecule has 1 rings (SSSR count). The maximum Gasteiger partial charge on any atom is 0.369 e. The van der Waals surface area contributed by atoms with E-state index in [0.29, 0.717) is 18.0 Å².